The van der Waals surface area contributed by atoms with Crippen molar-refractivity contribution in [3.63, 3.8) is 0 Å². The van der Waals surface area contributed by atoms with E-state index in [9.17, 15) is 19.8 Å². The van der Waals surface area contributed by atoms with E-state index >= 15 is 0 Å². The lowest BCUT2D eigenvalue weighted by Gasteiger charge is -2.13. The lowest BCUT2D eigenvalue weighted by molar-refractivity contribution is 0.0685. The average molecular weight is 368 g/mol. The van der Waals surface area contributed by atoms with Gasteiger partial charge in [0, 0.05) is 0 Å². The monoisotopic (exact) mass is 368 g/mol. The highest BCUT2D eigenvalue weighted by molar-refractivity contribution is 6.15. The van der Waals surface area contributed by atoms with Gasteiger partial charge in [0.25, 0.3) is 0 Å². The molecule has 0 saturated heterocycles. The van der Waals surface area contributed by atoms with E-state index in [2.05, 4.69) is 0 Å². The predicted molar refractivity (Wildman–Crippen MR) is 109 cm³/mol. The average Bonchev–Trinajstić information content (AvgIpc) is 2.73. The van der Waals surface area contributed by atoms with Crippen molar-refractivity contribution in [1.82, 2.24) is 0 Å². The summed E-state index contributed by atoms with van der Waals surface area (Å²) >= 11 is 0. The Morgan fingerprint density at radius 2 is 1.11 bits per heavy atom. The Morgan fingerprint density at radius 3 is 1.71 bits per heavy atom. The summed E-state index contributed by atoms with van der Waals surface area (Å²) < 4.78 is 0. The van der Waals surface area contributed by atoms with Crippen LogP contribution < -0.4 is 0 Å². The maximum Gasteiger partial charge on any atom is 0.336 e. The summed E-state index contributed by atoms with van der Waals surface area (Å²) in [5, 5.41) is 20.3. The second kappa shape index (κ2) is 7.00. The van der Waals surface area contributed by atoms with Crippen molar-refractivity contribution < 1.29 is 19.8 Å². The van der Waals surface area contributed by atoms with Gasteiger partial charge in [-0.1, -0.05) is 78.9 Å². The molecule has 4 nitrogen and oxygen atoms in total. The third kappa shape index (κ3) is 3.01. The third-order valence-corrected chi connectivity index (χ3v) is 4.79. The third-order valence-electron chi connectivity index (χ3n) is 4.79. The van der Waals surface area contributed by atoms with Gasteiger partial charge in [0.1, 0.15) is 0 Å². The van der Waals surface area contributed by atoms with Crippen LogP contribution in [0, 0.1) is 0 Å². The van der Waals surface area contributed by atoms with Gasteiger partial charge in [-0.2, -0.15) is 0 Å². The van der Waals surface area contributed by atoms with Crippen molar-refractivity contribution >= 4 is 22.7 Å². The van der Waals surface area contributed by atoms with E-state index in [1.165, 1.54) is 6.07 Å². The number of carbonyl (C=O) groups is 2. The summed E-state index contributed by atoms with van der Waals surface area (Å²) in [4.78, 5) is 23.8. The maximum absolute atomic E-state index is 12.0. The van der Waals surface area contributed by atoms with E-state index in [4.69, 9.17) is 0 Å². The van der Waals surface area contributed by atoms with E-state index in [1.54, 1.807) is 24.3 Å². The normalized spacial score (nSPS) is 10.7. The lowest BCUT2D eigenvalue weighted by atomic mass is 9.90. The van der Waals surface area contributed by atoms with Crippen LogP contribution in [-0.2, 0) is 0 Å². The first-order valence-electron chi connectivity index (χ1n) is 8.74. The highest BCUT2D eigenvalue weighted by Gasteiger charge is 2.21. The molecule has 0 aromatic heterocycles. The molecule has 0 spiro atoms. The van der Waals surface area contributed by atoms with Crippen LogP contribution in [0.1, 0.15) is 20.7 Å². The van der Waals surface area contributed by atoms with Gasteiger partial charge in [0.2, 0.25) is 0 Å². The van der Waals surface area contributed by atoms with Crippen molar-refractivity contribution in [2.75, 3.05) is 0 Å². The summed E-state index contributed by atoms with van der Waals surface area (Å²) in [6.45, 7) is 0. The molecule has 0 aliphatic rings. The first-order valence-corrected chi connectivity index (χ1v) is 8.74. The van der Waals surface area contributed by atoms with E-state index in [0.29, 0.717) is 21.9 Å². The fraction of sp³-hybridized carbons (Fsp3) is 0. The Kier molecular flexibility index (Phi) is 4.38. The number of carboxylic acid groups (broad SMARTS) is 2. The molecule has 0 saturated carbocycles. The van der Waals surface area contributed by atoms with Crippen molar-refractivity contribution in [1.29, 1.82) is 0 Å². The molecule has 0 unspecified atom stereocenters. The van der Waals surface area contributed by atoms with Crippen molar-refractivity contribution in [3.05, 3.63) is 96.1 Å². The van der Waals surface area contributed by atoms with Gasteiger partial charge in [-0.3, -0.25) is 0 Å². The Hall–Kier alpha value is -3.92. The molecule has 0 radical (unpaired) electrons. The minimum atomic E-state index is -1.09. The molecule has 0 bridgehead atoms. The smallest absolute Gasteiger partial charge is 0.336 e. The van der Waals surface area contributed by atoms with Crippen LogP contribution in [0.3, 0.4) is 0 Å². The van der Waals surface area contributed by atoms with E-state index in [-0.39, 0.29) is 11.1 Å². The van der Waals surface area contributed by atoms with Crippen LogP contribution in [0.15, 0.2) is 84.9 Å². The molecule has 0 fully saturated rings. The molecular formula is C24H16O4. The van der Waals surface area contributed by atoms with Gasteiger partial charge in [-0.15, -0.1) is 0 Å². The quantitative estimate of drug-likeness (QED) is 0.494. The highest BCUT2D eigenvalue weighted by Crippen LogP contribution is 2.34. The maximum atomic E-state index is 12.0. The fourth-order valence-electron chi connectivity index (χ4n) is 3.48. The largest absolute Gasteiger partial charge is 0.478 e. The van der Waals surface area contributed by atoms with Crippen molar-refractivity contribution in [3.8, 4) is 22.3 Å². The van der Waals surface area contributed by atoms with E-state index < -0.39 is 11.9 Å². The van der Waals surface area contributed by atoms with Crippen molar-refractivity contribution in [2.24, 2.45) is 0 Å². The Morgan fingerprint density at radius 1 is 0.571 bits per heavy atom. The first kappa shape index (κ1) is 17.5. The molecule has 4 aromatic rings. The zero-order valence-corrected chi connectivity index (χ0v) is 14.8. The second-order valence-electron chi connectivity index (χ2n) is 6.45. The Bertz CT molecular complexity index is 1190. The van der Waals surface area contributed by atoms with Crippen LogP contribution in [0.5, 0.6) is 0 Å². The molecule has 0 atom stereocenters. The van der Waals surface area contributed by atoms with Crippen LogP contribution in [0.4, 0.5) is 0 Å². The molecule has 4 heteroatoms. The van der Waals surface area contributed by atoms with Crippen LogP contribution in [0.2, 0.25) is 0 Å². The van der Waals surface area contributed by atoms with E-state index in [1.807, 2.05) is 54.6 Å². The number of aromatic carboxylic acids is 2. The minimum Gasteiger partial charge on any atom is -0.478 e. The molecule has 4 rings (SSSR count). The number of benzene rings is 4. The minimum absolute atomic E-state index is 0.0859. The molecule has 0 amide bonds. The van der Waals surface area contributed by atoms with Gasteiger partial charge in [-0.25, -0.2) is 9.59 Å². The second-order valence-corrected chi connectivity index (χ2v) is 6.45. The Balaban J connectivity index is 1.94. The number of carboxylic acids is 2. The van der Waals surface area contributed by atoms with Gasteiger partial charge >= 0.3 is 11.9 Å². The van der Waals surface area contributed by atoms with Gasteiger partial charge in [-0.05, 0) is 39.1 Å². The van der Waals surface area contributed by atoms with Gasteiger partial charge in [0.15, 0.2) is 0 Å². The van der Waals surface area contributed by atoms with Gasteiger partial charge < -0.3 is 10.2 Å². The van der Waals surface area contributed by atoms with Gasteiger partial charge in [0.05, 0.1) is 11.1 Å². The molecular weight excluding hydrogens is 352 g/mol. The predicted octanol–water partition coefficient (Wildman–Crippen LogP) is 5.57. The van der Waals surface area contributed by atoms with Crippen LogP contribution in [0.25, 0.3) is 33.0 Å². The molecule has 0 heterocycles. The summed E-state index contributed by atoms with van der Waals surface area (Å²) in [5.74, 6) is -2.18. The lowest BCUT2D eigenvalue weighted by Crippen LogP contribution is -2.06. The topological polar surface area (TPSA) is 74.6 Å². The summed E-state index contributed by atoms with van der Waals surface area (Å²) in [5.41, 5.74) is 3.29. The van der Waals surface area contributed by atoms with E-state index in [0.717, 1.165) is 11.1 Å². The summed E-state index contributed by atoms with van der Waals surface area (Å²) in [6.07, 6.45) is 0. The Labute approximate surface area is 161 Å². The molecule has 0 aliphatic carbocycles. The summed E-state index contributed by atoms with van der Waals surface area (Å²) in [6, 6.07) is 25.4. The van der Waals surface area contributed by atoms with Crippen molar-refractivity contribution in [2.45, 2.75) is 0 Å². The first-order chi connectivity index (χ1) is 13.6. The zero-order valence-electron chi connectivity index (χ0n) is 14.8. The number of rotatable bonds is 4. The molecule has 2 N–H and O–H groups in total. The number of hydrogen-bond donors (Lipinski definition) is 2. The highest BCUT2D eigenvalue weighted by atomic mass is 16.4. The van der Waals surface area contributed by atoms with Crippen LogP contribution >= 0.6 is 0 Å². The SMILES string of the molecule is O=C(O)c1cc(-c2ccc(-c3ccccc3)cc2)c(C(=O)O)c2ccccc12. The molecule has 136 valence electrons. The summed E-state index contributed by atoms with van der Waals surface area (Å²) in [7, 11) is 0. The molecule has 4 aromatic carbocycles. The molecule has 28 heavy (non-hydrogen) atoms. The van der Waals surface area contributed by atoms with Crippen LogP contribution in [-0.4, -0.2) is 22.2 Å². The number of hydrogen-bond acceptors (Lipinski definition) is 2. The zero-order chi connectivity index (χ0) is 19.7. The standard InChI is InChI=1S/C24H16O4/c25-23(26)21-14-20(22(24(27)28)19-9-5-4-8-18(19)21)17-12-10-16(11-13-17)15-6-2-1-3-7-15/h1-14H,(H,25,26)(H,27,28). The number of fused-ring (bicyclic) bond motifs is 1. The fourth-order valence-corrected chi connectivity index (χ4v) is 3.48. The molecule has 0 aliphatic heterocycles.